The molecule has 0 saturated carbocycles. The van der Waals surface area contributed by atoms with Crippen LogP contribution in [0.2, 0.25) is 0 Å². The number of nitriles is 1. The van der Waals surface area contributed by atoms with E-state index in [0.717, 1.165) is 22.5 Å². The fourth-order valence-corrected chi connectivity index (χ4v) is 6.15. The molecule has 0 amide bonds. The summed E-state index contributed by atoms with van der Waals surface area (Å²) in [5, 5.41) is 9.19. The SMILES string of the molecule is C/C(C#N)=C\c1[nH]c2c(c1C)C(=O)c1cc(Br)c(OC3CCN(S(C)(=O)=O)CC3)cc1C2(C)C. The summed E-state index contributed by atoms with van der Waals surface area (Å²) in [6, 6.07) is 5.88. The van der Waals surface area contributed by atoms with Crippen molar-refractivity contribution in [1.82, 2.24) is 9.29 Å². The van der Waals surface area contributed by atoms with Gasteiger partial charge in [-0.2, -0.15) is 5.26 Å². The van der Waals surface area contributed by atoms with E-state index in [9.17, 15) is 18.5 Å². The van der Waals surface area contributed by atoms with E-state index in [2.05, 4.69) is 40.8 Å². The van der Waals surface area contributed by atoms with Crippen molar-refractivity contribution in [2.75, 3.05) is 19.3 Å². The summed E-state index contributed by atoms with van der Waals surface area (Å²) in [6.45, 7) is 8.64. The van der Waals surface area contributed by atoms with Crippen LogP contribution in [-0.4, -0.2) is 48.9 Å². The molecule has 9 heteroatoms. The summed E-state index contributed by atoms with van der Waals surface area (Å²) in [5.41, 5.74) is 4.65. The topological polar surface area (TPSA) is 103 Å². The summed E-state index contributed by atoms with van der Waals surface area (Å²) in [6.07, 6.45) is 4.10. The first kappa shape index (κ1) is 24.7. The summed E-state index contributed by atoms with van der Waals surface area (Å²) >= 11 is 3.58. The van der Waals surface area contributed by atoms with Crippen molar-refractivity contribution in [3.05, 3.63) is 55.8 Å². The van der Waals surface area contributed by atoms with Crippen LogP contribution in [0.5, 0.6) is 5.75 Å². The molecule has 1 aromatic heterocycles. The second-order valence-electron chi connectivity index (χ2n) is 9.61. The van der Waals surface area contributed by atoms with E-state index in [4.69, 9.17) is 4.74 Å². The number of ether oxygens (including phenoxy) is 1. The molecule has 1 aliphatic heterocycles. The van der Waals surface area contributed by atoms with Crippen LogP contribution in [0.3, 0.4) is 0 Å². The number of ketones is 1. The van der Waals surface area contributed by atoms with Gasteiger partial charge in [-0.3, -0.25) is 4.79 Å². The van der Waals surface area contributed by atoms with E-state index in [1.54, 1.807) is 13.0 Å². The van der Waals surface area contributed by atoms with Crippen LogP contribution in [0.4, 0.5) is 0 Å². The first-order valence-electron chi connectivity index (χ1n) is 11.2. The summed E-state index contributed by atoms with van der Waals surface area (Å²) < 4.78 is 32.0. The lowest BCUT2D eigenvalue weighted by Gasteiger charge is -2.34. The predicted octanol–water partition coefficient (Wildman–Crippen LogP) is 4.69. The van der Waals surface area contributed by atoms with E-state index in [1.807, 2.05) is 19.1 Å². The number of nitrogens with zero attached hydrogens (tertiary/aromatic N) is 2. The quantitative estimate of drug-likeness (QED) is 0.561. The van der Waals surface area contributed by atoms with Crippen molar-refractivity contribution in [3.63, 3.8) is 0 Å². The molecule has 1 saturated heterocycles. The molecule has 2 heterocycles. The average molecular weight is 546 g/mol. The fourth-order valence-electron chi connectivity index (χ4n) is 4.84. The van der Waals surface area contributed by atoms with Crippen LogP contribution in [0.1, 0.15) is 72.0 Å². The van der Waals surface area contributed by atoms with Gasteiger partial charge in [0.05, 0.1) is 16.8 Å². The third-order valence-corrected chi connectivity index (χ3v) is 8.75. The summed E-state index contributed by atoms with van der Waals surface area (Å²) in [5.74, 6) is 0.589. The number of hydrogen-bond acceptors (Lipinski definition) is 5. The third-order valence-electron chi connectivity index (χ3n) is 6.83. The predicted molar refractivity (Wildman–Crippen MR) is 135 cm³/mol. The van der Waals surface area contributed by atoms with Crippen LogP contribution in [-0.2, 0) is 15.4 Å². The zero-order valence-electron chi connectivity index (χ0n) is 20.0. The molecule has 0 atom stereocenters. The molecule has 1 fully saturated rings. The first-order chi connectivity index (χ1) is 15.8. The minimum Gasteiger partial charge on any atom is -0.489 e. The highest BCUT2D eigenvalue weighted by atomic mass is 79.9. The largest absolute Gasteiger partial charge is 0.489 e. The Morgan fingerprint density at radius 1 is 1.32 bits per heavy atom. The molecule has 1 aliphatic carbocycles. The van der Waals surface area contributed by atoms with E-state index < -0.39 is 15.4 Å². The molecule has 180 valence electrons. The standard InChI is InChI=1S/C25H28BrN3O4S/c1-14(13-27)10-20-15(2)22-23(30)17-11-19(26)21(12-18(17)25(3,4)24(22)28-20)33-16-6-8-29(9-7-16)34(5,31)32/h10-12,16,28H,6-9H2,1-5H3/b14-10+. The molecular formula is C25H28BrN3O4S. The summed E-state index contributed by atoms with van der Waals surface area (Å²) in [4.78, 5) is 16.9. The van der Waals surface area contributed by atoms with Gasteiger partial charge in [0.2, 0.25) is 10.0 Å². The van der Waals surface area contributed by atoms with Crippen molar-refractivity contribution < 1.29 is 17.9 Å². The van der Waals surface area contributed by atoms with Gasteiger partial charge in [0, 0.05) is 46.6 Å². The van der Waals surface area contributed by atoms with Crippen LogP contribution in [0, 0.1) is 18.3 Å². The molecule has 0 spiro atoms. The molecule has 34 heavy (non-hydrogen) atoms. The summed E-state index contributed by atoms with van der Waals surface area (Å²) in [7, 11) is -3.20. The highest BCUT2D eigenvalue weighted by Crippen LogP contribution is 2.46. The zero-order valence-corrected chi connectivity index (χ0v) is 22.4. The van der Waals surface area contributed by atoms with Crippen LogP contribution >= 0.6 is 15.9 Å². The Kier molecular flexibility index (Phi) is 6.30. The van der Waals surface area contributed by atoms with E-state index in [0.29, 0.717) is 52.9 Å². The van der Waals surface area contributed by atoms with Gasteiger partial charge in [0.1, 0.15) is 11.9 Å². The molecule has 1 N–H and O–H groups in total. The van der Waals surface area contributed by atoms with Crippen LogP contribution in [0.15, 0.2) is 22.2 Å². The maximum absolute atomic E-state index is 13.5. The Labute approximate surface area is 209 Å². The Balaban J connectivity index is 1.69. The number of piperidine rings is 1. The van der Waals surface area contributed by atoms with Gasteiger partial charge in [0.25, 0.3) is 0 Å². The maximum atomic E-state index is 13.5. The lowest BCUT2D eigenvalue weighted by molar-refractivity contribution is 0.103. The second-order valence-corrected chi connectivity index (χ2v) is 12.5. The fraction of sp³-hybridized carbons (Fsp3) is 0.440. The number of benzene rings is 1. The van der Waals surface area contributed by atoms with Crippen LogP contribution in [0.25, 0.3) is 6.08 Å². The molecule has 2 aliphatic rings. The lowest BCUT2D eigenvalue weighted by Crippen LogP contribution is -2.41. The highest BCUT2D eigenvalue weighted by Gasteiger charge is 2.41. The molecule has 0 unspecified atom stereocenters. The number of halogens is 1. The Hall–Kier alpha value is -2.41. The smallest absolute Gasteiger partial charge is 0.211 e. The molecule has 0 bridgehead atoms. The first-order valence-corrected chi connectivity index (χ1v) is 13.8. The number of aromatic nitrogens is 1. The number of sulfonamides is 1. The molecule has 2 aromatic rings. The number of aromatic amines is 1. The molecule has 4 rings (SSSR count). The lowest BCUT2D eigenvalue weighted by atomic mass is 9.71. The number of nitrogens with one attached hydrogen (secondary N) is 1. The van der Waals surface area contributed by atoms with Crippen molar-refractivity contribution in [3.8, 4) is 11.8 Å². The van der Waals surface area contributed by atoms with Gasteiger partial charge >= 0.3 is 0 Å². The Morgan fingerprint density at radius 3 is 2.56 bits per heavy atom. The zero-order chi connectivity index (χ0) is 25.0. The van der Waals surface area contributed by atoms with Crippen molar-refractivity contribution >= 4 is 37.8 Å². The number of rotatable bonds is 4. The second kappa shape index (κ2) is 8.67. The van der Waals surface area contributed by atoms with Crippen molar-refractivity contribution in [1.29, 1.82) is 5.26 Å². The molecule has 1 aromatic carbocycles. The molecule has 7 nitrogen and oxygen atoms in total. The minimum atomic E-state index is -3.20. The van der Waals surface area contributed by atoms with Gasteiger partial charge in [-0.1, -0.05) is 13.8 Å². The van der Waals surface area contributed by atoms with E-state index >= 15 is 0 Å². The molecular weight excluding hydrogens is 518 g/mol. The van der Waals surface area contributed by atoms with E-state index in [-0.39, 0.29) is 11.9 Å². The number of hydrogen-bond donors (Lipinski definition) is 1. The Bertz CT molecular complexity index is 1360. The third kappa shape index (κ3) is 4.23. The van der Waals surface area contributed by atoms with Crippen molar-refractivity contribution in [2.45, 2.75) is 52.1 Å². The highest BCUT2D eigenvalue weighted by molar-refractivity contribution is 9.10. The number of fused-ring (bicyclic) bond motifs is 2. The van der Waals surface area contributed by atoms with Gasteiger partial charge < -0.3 is 9.72 Å². The minimum absolute atomic E-state index is 0.0546. The number of H-pyrrole nitrogens is 1. The van der Waals surface area contributed by atoms with Crippen LogP contribution < -0.4 is 4.74 Å². The van der Waals surface area contributed by atoms with Gasteiger partial charge in [-0.25, -0.2) is 12.7 Å². The molecule has 0 radical (unpaired) electrons. The number of allylic oxidation sites excluding steroid dienone is 1. The maximum Gasteiger partial charge on any atom is 0.211 e. The Morgan fingerprint density at radius 2 is 1.97 bits per heavy atom. The normalized spacial score (nSPS) is 18.9. The number of carbonyl (C=O) groups is 1. The van der Waals surface area contributed by atoms with Gasteiger partial charge in [-0.15, -0.1) is 0 Å². The van der Waals surface area contributed by atoms with Gasteiger partial charge in [0.15, 0.2) is 5.78 Å². The average Bonchev–Trinajstić information content (AvgIpc) is 3.10. The monoisotopic (exact) mass is 545 g/mol. The number of carbonyl (C=O) groups excluding carboxylic acids is 1. The van der Waals surface area contributed by atoms with E-state index in [1.165, 1.54) is 10.6 Å². The van der Waals surface area contributed by atoms with Crippen molar-refractivity contribution in [2.24, 2.45) is 0 Å². The van der Waals surface area contributed by atoms with Gasteiger partial charge in [-0.05, 0) is 72.0 Å².